The molecular weight excluding hydrogens is 356 g/mol. The molecule has 0 fully saturated rings. The predicted octanol–water partition coefficient (Wildman–Crippen LogP) is 2.54. The molecule has 1 amide bonds. The first-order chi connectivity index (χ1) is 12.1. The van der Waals surface area contributed by atoms with E-state index in [4.69, 9.17) is 0 Å². The van der Waals surface area contributed by atoms with Gasteiger partial charge in [0.1, 0.15) is 0 Å². The van der Waals surface area contributed by atoms with Crippen LogP contribution in [0.15, 0.2) is 47.3 Å². The van der Waals surface area contributed by atoms with Crippen LogP contribution in [0.5, 0.6) is 0 Å². The molecule has 0 aliphatic carbocycles. The van der Waals surface area contributed by atoms with Crippen molar-refractivity contribution in [2.24, 2.45) is 0 Å². The molecule has 132 valence electrons. The number of ketones is 1. The Morgan fingerprint density at radius 1 is 1.32 bits per heavy atom. The first kappa shape index (κ1) is 19.1. The molecule has 0 aliphatic heterocycles. The van der Waals surface area contributed by atoms with Crippen molar-refractivity contribution >= 4 is 39.9 Å². The Morgan fingerprint density at radius 3 is 2.76 bits per heavy atom. The van der Waals surface area contributed by atoms with Crippen LogP contribution in [-0.2, 0) is 16.0 Å². The van der Waals surface area contributed by atoms with E-state index in [-0.39, 0.29) is 17.4 Å². The minimum atomic E-state index is -0.519. The molecule has 2 aromatic rings. The quantitative estimate of drug-likeness (QED) is 0.490. The number of Topliss-reactive ketones (excluding diaryl/α,β-unsaturated/α-hetero) is 1. The molecule has 8 heteroatoms. The average Bonchev–Trinajstić information content (AvgIpc) is 3.06. The maximum atomic E-state index is 12.1. The van der Waals surface area contributed by atoms with Crippen molar-refractivity contribution in [1.82, 2.24) is 15.5 Å². The Labute approximate surface area is 155 Å². The van der Waals surface area contributed by atoms with Crippen LogP contribution >= 0.6 is 23.1 Å². The van der Waals surface area contributed by atoms with Crippen molar-refractivity contribution in [2.75, 3.05) is 17.6 Å². The number of hydrogen-bond donors (Lipinski definition) is 2. The lowest BCUT2D eigenvalue weighted by Crippen LogP contribution is -2.42. The third-order valence-corrected chi connectivity index (χ3v) is 5.25. The van der Waals surface area contributed by atoms with E-state index in [1.807, 2.05) is 30.3 Å². The zero-order valence-electron chi connectivity index (χ0n) is 13.9. The van der Waals surface area contributed by atoms with Crippen LogP contribution in [0.25, 0.3) is 0 Å². The molecule has 1 aromatic heterocycles. The topological polar surface area (TPSA) is 84.0 Å². The van der Waals surface area contributed by atoms with Crippen LogP contribution in [0, 0.1) is 0 Å². The summed E-state index contributed by atoms with van der Waals surface area (Å²) in [7, 11) is 0. The molecule has 0 bridgehead atoms. The number of rotatable bonds is 10. The number of carbonyl (C=O) groups excluding carboxylic acids is 2. The lowest BCUT2D eigenvalue weighted by molar-refractivity contribution is -0.125. The summed E-state index contributed by atoms with van der Waals surface area (Å²) in [6, 6.07) is 9.11. The zero-order valence-corrected chi connectivity index (χ0v) is 15.5. The number of nitrogens with zero attached hydrogens (tertiary/aromatic N) is 2. The largest absolute Gasteiger partial charge is 0.357 e. The Bertz CT molecular complexity index is 718. The number of carbonyl (C=O) groups is 2. The first-order valence-electron chi connectivity index (χ1n) is 7.73. The third kappa shape index (κ3) is 6.67. The molecule has 2 N–H and O–H groups in total. The molecule has 0 radical (unpaired) electrons. The van der Waals surface area contributed by atoms with Crippen LogP contribution in [-0.4, -0.2) is 40.2 Å². The van der Waals surface area contributed by atoms with Crippen molar-refractivity contribution < 1.29 is 9.59 Å². The Hall–Kier alpha value is -2.19. The van der Waals surface area contributed by atoms with E-state index in [2.05, 4.69) is 27.4 Å². The second-order valence-corrected chi connectivity index (χ2v) is 7.45. The van der Waals surface area contributed by atoms with Crippen molar-refractivity contribution in [3.63, 3.8) is 0 Å². The number of aromatic nitrogens is 2. The molecule has 0 unspecified atom stereocenters. The van der Waals surface area contributed by atoms with Crippen LogP contribution in [0.1, 0.15) is 12.5 Å². The second-order valence-electron chi connectivity index (χ2n) is 5.25. The van der Waals surface area contributed by atoms with E-state index in [0.717, 1.165) is 5.56 Å². The van der Waals surface area contributed by atoms with Crippen LogP contribution in [0.4, 0.5) is 5.13 Å². The summed E-state index contributed by atoms with van der Waals surface area (Å²) in [5.74, 6) is -0.0692. The molecule has 2 rings (SSSR count). The number of nitrogens with one attached hydrogen (secondary N) is 2. The van der Waals surface area contributed by atoms with Gasteiger partial charge in [-0.05, 0) is 18.9 Å². The number of benzene rings is 1. The van der Waals surface area contributed by atoms with Gasteiger partial charge in [-0.15, -0.1) is 16.8 Å². The summed E-state index contributed by atoms with van der Waals surface area (Å²) in [5, 5.41) is 14.5. The highest BCUT2D eigenvalue weighted by Crippen LogP contribution is 2.25. The van der Waals surface area contributed by atoms with Crippen molar-refractivity contribution in [2.45, 2.75) is 23.7 Å². The Balaban J connectivity index is 1.83. The average molecular weight is 377 g/mol. The zero-order chi connectivity index (χ0) is 18.1. The Morgan fingerprint density at radius 2 is 2.08 bits per heavy atom. The van der Waals surface area contributed by atoms with Gasteiger partial charge in [0, 0.05) is 6.54 Å². The van der Waals surface area contributed by atoms with Gasteiger partial charge < -0.3 is 10.6 Å². The van der Waals surface area contributed by atoms with E-state index in [1.165, 1.54) is 30.0 Å². The van der Waals surface area contributed by atoms with Crippen LogP contribution in [0.2, 0.25) is 0 Å². The highest BCUT2D eigenvalue weighted by Gasteiger charge is 2.18. The maximum absolute atomic E-state index is 12.1. The third-order valence-electron chi connectivity index (χ3n) is 3.24. The van der Waals surface area contributed by atoms with Crippen molar-refractivity contribution in [3.05, 3.63) is 48.6 Å². The monoisotopic (exact) mass is 376 g/mol. The number of anilines is 1. The molecule has 0 spiro atoms. The molecular formula is C17H20N4O2S2. The van der Waals surface area contributed by atoms with Gasteiger partial charge in [0.2, 0.25) is 11.0 Å². The Kier molecular flexibility index (Phi) is 7.62. The summed E-state index contributed by atoms with van der Waals surface area (Å²) < 4.78 is 0.698. The molecule has 0 saturated carbocycles. The summed E-state index contributed by atoms with van der Waals surface area (Å²) in [6.07, 6.45) is 2.22. The molecule has 0 aliphatic rings. The van der Waals surface area contributed by atoms with Gasteiger partial charge >= 0.3 is 0 Å². The summed E-state index contributed by atoms with van der Waals surface area (Å²) >= 11 is 2.68. The molecule has 6 nitrogen and oxygen atoms in total. The maximum Gasteiger partial charge on any atom is 0.231 e. The highest BCUT2D eigenvalue weighted by atomic mass is 32.2. The van der Waals surface area contributed by atoms with Crippen LogP contribution in [0.3, 0.4) is 0 Å². The minimum absolute atomic E-state index is 0.0611. The van der Waals surface area contributed by atoms with E-state index in [9.17, 15) is 9.59 Å². The summed E-state index contributed by atoms with van der Waals surface area (Å²) in [5.41, 5.74) is 1.01. The number of hydrogen-bond acceptors (Lipinski definition) is 7. The smallest absolute Gasteiger partial charge is 0.231 e. The van der Waals surface area contributed by atoms with Gasteiger partial charge in [0.25, 0.3) is 0 Å². The molecule has 1 heterocycles. The van der Waals surface area contributed by atoms with E-state index >= 15 is 0 Å². The van der Waals surface area contributed by atoms with E-state index < -0.39 is 6.04 Å². The normalized spacial score (nSPS) is 11.6. The summed E-state index contributed by atoms with van der Waals surface area (Å²) in [6.45, 7) is 5.72. The van der Waals surface area contributed by atoms with Gasteiger partial charge in [0.15, 0.2) is 10.1 Å². The van der Waals surface area contributed by atoms with Gasteiger partial charge in [-0.1, -0.05) is 59.5 Å². The lowest BCUT2D eigenvalue weighted by atomic mass is 10.0. The molecule has 1 aromatic carbocycles. The fourth-order valence-electron chi connectivity index (χ4n) is 2.01. The molecule has 25 heavy (non-hydrogen) atoms. The van der Waals surface area contributed by atoms with Crippen molar-refractivity contribution in [3.8, 4) is 0 Å². The standard InChI is InChI=1S/C17H20N4O2S2/c1-3-9-18-16-20-21-17(25-16)24-11-15(23)19-14(12(2)22)10-13-7-5-4-6-8-13/h3-8,14H,1,9-11H2,2H3,(H,18,20)(H,19,23)/t14-/m0/s1. The minimum Gasteiger partial charge on any atom is -0.357 e. The number of thioether (sulfide) groups is 1. The van der Waals surface area contributed by atoms with Gasteiger partial charge in [-0.2, -0.15) is 0 Å². The first-order valence-corrected chi connectivity index (χ1v) is 9.53. The fourth-order valence-corrected chi connectivity index (χ4v) is 3.58. The lowest BCUT2D eigenvalue weighted by Gasteiger charge is -2.15. The fraction of sp³-hybridized carbons (Fsp3) is 0.294. The van der Waals surface area contributed by atoms with E-state index in [1.54, 1.807) is 6.08 Å². The van der Waals surface area contributed by atoms with E-state index in [0.29, 0.717) is 22.4 Å². The molecule has 0 saturated heterocycles. The summed E-state index contributed by atoms with van der Waals surface area (Å²) in [4.78, 5) is 23.9. The number of amides is 1. The van der Waals surface area contributed by atoms with Gasteiger partial charge in [0.05, 0.1) is 11.8 Å². The van der Waals surface area contributed by atoms with Crippen molar-refractivity contribution in [1.29, 1.82) is 0 Å². The molecule has 1 atom stereocenters. The highest BCUT2D eigenvalue weighted by molar-refractivity contribution is 8.01. The SMILES string of the molecule is C=CCNc1nnc(SCC(=O)N[C@@H](Cc2ccccc2)C(C)=O)s1. The van der Waals surface area contributed by atoms with Gasteiger partial charge in [-0.3, -0.25) is 9.59 Å². The predicted molar refractivity (Wildman–Crippen MR) is 102 cm³/mol. The second kappa shape index (κ2) is 9.95. The van der Waals surface area contributed by atoms with Crippen LogP contribution < -0.4 is 10.6 Å². The van der Waals surface area contributed by atoms with Gasteiger partial charge in [-0.25, -0.2) is 0 Å².